The molecule has 2 amide bonds. The monoisotopic (exact) mass is 443 g/mol. The Kier molecular flexibility index (Phi) is 6.85. The first-order valence-corrected chi connectivity index (χ1v) is 12.5. The van der Waals surface area contributed by atoms with E-state index in [0.717, 1.165) is 39.1 Å². The first-order chi connectivity index (χ1) is 13.3. The van der Waals surface area contributed by atoms with E-state index in [4.69, 9.17) is 0 Å². The number of nitrogens with zero attached hydrogens (tertiary/aromatic N) is 2. The number of sulfonamides is 1. The topological polar surface area (TPSA) is 86.8 Å². The van der Waals surface area contributed by atoms with Gasteiger partial charge in [-0.05, 0) is 38.2 Å². The molecule has 0 radical (unpaired) electrons. The maximum absolute atomic E-state index is 12.4. The van der Waals surface area contributed by atoms with Gasteiger partial charge >= 0.3 is 0 Å². The van der Waals surface area contributed by atoms with Crippen LogP contribution < -0.4 is 10.2 Å². The summed E-state index contributed by atoms with van der Waals surface area (Å²) in [4.78, 5) is 26.1. The summed E-state index contributed by atoms with van der Waals surface area (Å²) < 4.78 is 26.9. The van der Waals surface area contributed by atoms with Gasteiger partial charge in [0.1, 0.15) is 10.8 Å². The van der Waals surface area contributed by atoms with Gasteiger partial charge in [-0.2, -0.15) is 0 Å². The molecule has 1 aliphatic carbocycles. The number of rotatable bonds is 7. The number of thioether (sulfide) groups is 1. The normalized spacial score (nSPS) is 17.5. The van der Waals surface area contributed by atoms with Gasteiger partial charge in [-0.3, -0.25) is 9.59 Å². The molecule has 0 unspecified atom stereocenters. The lowest BCUT2D eigenvalue weighted by molar-refractivity contribution is -0.122. The number of hydrogen-bond donors (Lipinski definition) is 1. The lowest BCUT2D eigenvalue weighted by atomic mass is 9.97. The fourth-order valence-electron chi connectivity index (χ4n) is 3.15. The Morgan fingerprint density at radius 1 is 1.32 bits per heavy atom. The summed E-state index contributed by atoms with van der Waals surface area (Å²) in [7, 11) is -0.630. The van der Waals surface area contributed by atoms with E-state index >= 15 is 0 Å². The molecular weight excluding hydrogens is 418 g/mol. The zero-order valence-electron chi connectivity index (χ0n) is 16.1. The fourth-order valence-corrected chi connectivity index (χ4v) is 7.08. The standard InChI is InChI=1S/C18H25N3O4S3/c1-20(2)28(24,25)17-10-14-18(27-17)26-12-16(23)21(14)11-15(22)19-9-8-13-6-4-3-5-7-13/h6,10H,3-5,7-9,11-12H2,1-2H3,(H,19,22). The smallest absolute Gasteiger partial charge is 0.252 e. The van der Waals surface area contributed by atoms with Crippen LogP contribution in [0.4, 0.5) is 5.69 Å². The molecule has 0 saturated carbocycles. The third kappa shape index (κ3) is 4.79. The second-order valence-corrected chi connectivity index (χ2v) is 11.7. The van der Waals surface area contributed by atoms with Crippen molar-refractivity contribution in [1.82, 2.24) is 9.62 Å². The minimum Gasteiger partial charge on any atom is -0.354 e. The molecule has 1 aliphatic heterocycles. The fraction of sp³-hybridized carbons (Fsp3) is 0.556. The van der Waals surface area contributed by atoms with Gasteiger partial charge in [0.25, 0.3) is 10.0 Å². The summed E-state index contributed by atoms with van der Waals surface area (Å²) in [6.45, 7) is 0.460. The number of thiophene rings is 1. The van der Waals surface area contributed by atoms with Crippen molar-refractivity contribution in [2.45, 2.75) is 40.5 Å². The van der Waals surface area contributed by atoms with Crippen LogP contribution in [0.15, 0.2) is 26.1 Å². The minimum atomic E-state index is -3.57. The van der Waals surface area contributed by atoms with Crippen molar-refractivity contribution in [2.24, 2.45) is 0 Å². The van der Waals surface area contributed by atoms with Gasteiger partial charge in [-0.25, -0.2) is 12.7 Å². The SMILES string of the molecule is CN(C)S(=O)(=O)c1cc2c(s1)SCC(=O)N2CC(=O)NCCC1=CCCCC1. The quantitative estimate of drug-likeness (QED) is 0.654. The van der Waals surface area contributed by atoms with E-state index in [1.165, 1.54) is 55.2 Å². The highest BCUT2D eigenvalue weighted by atomic mass is 32.3. The number of hydrogen-bond acceptors (Lipinski definition) is 6. The number of carbonyl (C=O) groups excluding carboxylic acids is 2. The van der Waals surface area contributed by atoms with E-state index in [-0.39, 0.29) is 28.3 Å². The Morgan fingerprint density at radius 2 is 2.11 bits per heavy atom. The highest BCUT2D eigenvalue weighted by molar-refractivity contribution is 8.02. The first-order valence-electron chi connectivity index (χ1n) is 9.23. The van der Waals surface area contributed by atoms with Crippen molar-refractivity contribution in [3.8, 4) is 0 Å². The lowest BCUT2D eigenvalue weighted by Crippen LogP contribution is -2.43. The van der Waals surface area contributed by atoms with Crippen LogP contribution in [0.1, 0.15) is 32.1 Å². The molecule has 0 aromatic carbocycles. The van der Waals surface area contributed by atoms with Gasteiger partial charge in [0, 0.05) is 20.6 Å². The maximum Gasteiger partial charge on any atom is 0.252 e. The summed E-state index contributed by atoms with van der Waals surface area (Å²) in [5.41, 5.74) is 1.90. The molecule has 0 saturated heterocycles. The Morgan fingerprint density at radius 3 is 2.79 bits per heavy atom. The molecular formula is C18H25N3O4S3. The molecule has 0 bridgehead atoms. The van der Waals surface area contributed by atoms with Crippen molar-refractivity contribution in [1.29, 1.82) is 0 Å². The van der Waals surface area contributed by atoms with Crippen LogP contribution in [-0.4, -0.2) is 57.5 Å². The molecule has 1 N–H and O–H groups in total. The summed E-state index contributed by atoms with van der Waals surface area (Å²) in [5, 5.41) is 2.88. The Hall–Kier alpha value is -1.36. The summed E-state index contributed by atoms with van der Waals surface area (Å²) in [6.07, 6.45) is 7.75. The maximum atomic E-state index is 12.4. The molecule has 1 aromatic rings. The molecule has 0 fully saturated rings. The van der Waals surface area contributed by atoms with Gasteiger partial charge in [0.2, 0.25) is 11.8 Å². The molecule has 10 heteroatoms. The Labute approximate surface area is 174 Å². The third-order valence-electron chi connectivity index (χ3n) is 4.77. The molecule has 0 spiro atoms. The molecule has 3 rings (SSSR count). The molecule has 7 nitrogen and oxygen atoms in total. The number of nitrogens with one attached hydrogen (secondary N) is 1. The molecule has 154 valence electrons. The number of amides is 2. The van der Waals surface area contributed by atoms with E-state index in [0.29, 0.717) is 12.2 Å². The van der Waals surface area contributed by atoms with Gasteiger partial charge in [-0.15, -0.1) is 23.1 Å². The predicted octanol–water partition coefficient (Wildman–Crippen LogP) is 2.44. The zero-order valence-corrected chi connectivity index (χ0v) is 18.5. The van der Waals surface area contributed by atoms with Crippen molar-refractivity contribution >= 4 is 50.6 Å². The lowest BCUT2D eigenvalue weighted by Gasteiger charge is -2.25. The van der Waals surface area contributed by atoms with Gasteiger partial charge in [-0.1, -0.05) is 11.6 Å². The molecule has 2 heterocycles. The van der Waals surface area contributed by atoms with Crippen LogP contribution in [0, 0.1) is 0 Å². The predicted molar refractivity (Wildman–Crippen MR) is 112 cm³/mol. The van der Waals surface area contributed by atoms with Crippen LogP contribution in [0.3, 0.4) is 0 Å². The highest BCUT2D eigenvalue weighted by Crippen LogP contribution is 2.43. The van der Waals surface area contributed by atoms with Crippen LogP contribution in [0.2, 0.25) is 0 Å². The highest BCUT2D eigenvalue weighted by Gasteiger charge is 2.32. The van der Waals surface area contributed by atoms with E-state index in [2.05, 4.69) is 11.4 Å². The number of carbonyl (C=O) groups is 2. The molecule has 2 aliphatic rings. The van der Waals surface area contributed by atoms with Crippen LogP contribution in [0.5, 0.6) is 0 Å². The zero-order chi connectivity index (χ0) is 20.3. The average Bonchev–Trinajstić information content (AvgIpc) is 3.10. The molecule has 0 atom stereocenters. The van der Waals surface area contributed by atoms with E-state index in [1.54, 1.807) is 0 Å². The Balaban J connectivity index is 1.65. The van der Waals surface area contributed by atoms with Crippen LogP contribution >= 0.6 is 23.1 Å². The van der Waals surface area contributed by atoms with Crippen molar-refractivity contribution in [3.63, 3.8) is 0 Å². The van der Waals surface area contributed by atoms with Gasteiger partial charge in [0.05, 0.1) is 15.6 Å². The van der Waals surface area contributed by atoms with Crippen molar-refractivity contribution < 1.29 is 18.0 Å². The Bertz CT molecular complexity index is 890. The first kappa shape index (κ1) is 21.4. The molecule has 28 heavy (non-hydrogen) atoms. The third-order valence-corrected chi connectivity index (χ3v) is 9.41. The summed E-state index contributed by atoms with van der Waals surface area (Å²) >= 11 is 2.46. The van der Waals surface area contributed by atoms with Crippen molar-refractivity contribution in [3.05, 3.63) is 17.7 Å². The van der Waals surface area contributed by atoms with E-state index in [9.17, 15) is 18.0 Å². The average molecular weight is 444 g/mol. The summed E-state index contributed by atoms with van der Waals surface area (Å²) in [6, 6.07) is 1.50. The summed E-state index contributed by atoms with van der Waals surface area (Å²) in [5.74, 6) is -0.213. The van der Waals surface area contributed by atoms with E-state index < -0.39 is 10.0 Å². The largest absolute Gasteiger partial charge is 0.354 e. The number of allylic oxidation sites excluding steroid dienone is 1. The van der Waals surface area contributed by atoms with Crippen LogP contribution in [0.25, 0.3) is 0 Å². The van der Waals surface area contributed by atoms with E-state index in [1.807, 2.05) is 0 Å². The molecule has 1 aromatic heterocycles. The van der Waals surface area contributed by atoms with Gasteiger partial charge < -0.3 is 10.2 Å². The minimum absolute atomic E-state index is 0.0936. The van der Waals surface area contributed by atoms with Crippen LogP contribution in [-0.2, 0) is 19.6 Å². The van der Waals surface area contributed by atoms with Gasteiger partial charge in [0.15, 0.2) is 0 Å². The number of anilines is 1. The number of fused-ring (bicyclic) bond motifs is 1. The van der Waals surface area contributed by atoms with Crippen molar-refractivity contribution in [2.75, 3.05) is 37.8 Å². The second kappa shape index (κ2) is 8.98. The second-order valence-electron chi connectivity index (χ2n) is 7.00.